The number of amides is 1. The molecule has 2 heterocycles. The molecule has 1 aliphatic rings. The Morgan fingerprint density at radius 2 is 1.82 bits per heavy atom. The van der Waals surface area contributed by atoms with Crippen LogP contribution in [0.3, 0.4) is 0 Å². The fourth-order valence-electron chi connectivity index (χ4n) is 3.58. The van der Waals surface area contributed by atoms with Crippen LogP contribution in [0, 0.1) is 17.6 Å². The number of carbonyl (C=O) groups is 2. The lowest BCUT2D eigenvalue weighted by atomic mass is 9.99. The lowest BCUT2D eigenvalue weighted by molar-refractivity contribution is -0.132. The van der Waals surface area contributed by atoms with Gasteiger partial charge in [0.2, 0.25) is 0 Å². The number of thiophene rings is 1. The third kappa shape index (κ3) is 4.39. The topological polar surface area (TPSA) is 66.8 Å². The Kier molecular flexibility index (Phi) is 6.29. The Bertz CT molecular complexity index is 1220. The Hall–Kier alpha value is -3.52. The lowest BCUT2D eigenvalue weighted by Gasteiger charge is -2.24. The first-order valence-electron chi connectivity index (χ1n) is 10.3. The molecule has 5 nitrogen and oxygen atoms in total. The average Bonchev–Trinajstić information content (AvgIpc) is 3.41. The summed E-state index contributed by atoms with van der Waals surface area (Å²) in [6.07, 6.45) is 0. The Morgan fingerprint density at radius 3 is 2.42 bits per heavy atom. The summed E-state index contributed by atoms with van der Waals surface area (Å²) in [6, 6.07) is 12.0. The van der Waals surface area contributed by atoms with E-state index in [1.807, 2.05) is 13.8 Å². The molecule has 33 heavy (non-hydrogen) atoms. The molecule has 1 aromatic heterocycles. The van der Waals surface area contributed by atoms with Crippen molar-refractivity contribution in [2.24, 2.45) is 5.92 Å². The van der Waals surface area contributed by atoms with Gasteiger partial charge in [-0.15, -0.1) is 11.3 Å². The molecular weight excluding hydrogens is 448 g/mol. The molecule has 1 unspecified atom stereocenters. The van der Waals surface area contributed by atoms with Crippen LogP contribution in [0.15, 0.2) is 65.6 Å². The maximum absolute atomic E-state index is 13.9. The molecule has 1 amide bonds. The van der Waals surface area contributed by atoms with Crippen LogP contribution in [-0.2, 0) is 9.59 Å². The Morgan fingerprint density at radius 1 is 1.09 bits per heavy atom. The highest BCUT2D eigenvalue weighted by atomic mass is 32.1. The number of nitrogens with zero attached hydrogens (tertiary/aromatic N) is 1. The first-order valence-corrected chi connectivity index (χ1v) is 11.2. The lowest BCUT2D eigenvalue weighted by Crippen LogP contribution is -2.29. The molecule has 3 aromatic rings. The molecule has 0 spiro atoms. The van der Waals surface area contributed by atoms with Crippen LogP contribution in [0.1, 0.15) is 30.3 Å². The van der Waals surface area contributed by atoms with Gasteiger partial charge in [0.1, 0.15) is 17.6 Å². The number of halogens is 2. The zero-order chi connectivity index (χ0) is 23.7. The highest BCUT2D eigenvalue weighted by Gasteiger charge is 2.47. The third-order valence-corrected chi connectivity index (χ3v) is 6.07. The van der Waals surface area contributed by atoms with E-state index >= 15 is 0 Å². The average molecular weight is 470 g/mol. The molecule has 1 aliphatic heterocycles. The van der Waals surface area contributed by atoms with Gasteiger partial charge in [-0.1, -0.05) is 19.9 Å². The van der Waals surface area contributed by atoms with Crippen molar-refractivity contribution in [3.05, 3.63) is 87.6 Å². The standard InChI is InChI=1S/C25H21F2NO4S/c1-14(2)13-32-17-8-5-15(6-9-17)23(29)21-22(20-4-3-11-33-20)28(25(31)24(21)30)16-7-10-18(26)19(27)12-16/h3-12,14,22,29H,13H2,1-2H3/b23-21-. The maximum Gasteiger partial charge on any atom is 0.300 e. The summed E-state index contributed by atoms with van der Waals surface area (Å²) in [5.41, 5.74) is 0.227. The Labute approximate surface area is 193 Å². The van der Waals surface area contributed by atoms with Crippen molar-refractivity contribution in [1.82, 2.24) is 0 Å². The minimum Gasteiger partial charge on any atom is -0.507 e. The smallest absolute Gasteiger partial charge is 0.300 e. The molecule has 8 heteroatoms. The predicted octanol–water partition coefficient (Wildman–Crippen LogP) is 5.69. The summed E-state index contributed by atoms with van der Waals surface area (Å²) in [6.45, 7) is 4.58. The fourth-order valence-corrected chi connectivity index (χ4v) is 4.40. The number of aliphatic hydroxyl groups excluding tert-OH is 1. The highest BCUT2D eigenvalue weighted by molar-refractivity contribution is 7.10. The molecule has 1 N–H and O–H groups in total. The normalized spacial score (nSPS) is 17.7. The summed E-state index contributed by atoms with van der Waals surface area (Å²) in [5, 5.41) is 12.8. The van der Waals surface area contributed by atoms with E-state index in [-0.39, 0.29) is 17.0 Å². The van der Waals surface area contributed by atoms with Crippen molar-refractivity contribution >= 4 is 34.5 Å². The van der Waals surface area contributed by atoms with Gasteiger partial charge in [0.05, 0.1) is 12.2 Å². The number of Topliss-reactive ketones (excluding diaryl/α,β-unsaturated/α-hetero) is 1. The SMILES string of the molecule is CC(C)COc1ccc(/C(O)=C2/C(=O)C(=O)N(c3ccc(F)c(F)c3)C2c2cccs2)cc1. The first kappa shape index (κ1) is 22.7. The van der Waals surface area contributed by atoms with Gasteiger partial charge in [-0.05, 0) is 53.8 Å². The fraction of sp³-hybridized carbons (Fsp3) is 0.200. The number of ether oxygens (including phenoxy) is 1. The number of carbonyl (C=O) groups excluding carboxylic acids is 2. The van der Waals surface area contributed by atoms with Crippen LogP contribution >= 0.6 is 11.3 Å². The number of anilines is 1. The van der Waals surface area contributed by atoms with E-state index in [4.69, 9.17) is 4.74 Å². The minimum absolute atomic E-state index is 0.0193. The second-order valence-corrected chi connectivity index (χ2v) is 8.99. The number of ketones is 1. The van der Waals surface area contributed by atoms with E-state index in [0.717, 1.165) is 17.0 Å². The van der Waals surface area contributed by atoms with Gasteiger partial charge in [-0.3, -0.25) is 14.5 Å². The summed E-state index contributed by atoms with van der Waals surface area (Å²) in [5.74, 6) is -3.45. The van der Waals surface area contributed by atoms with Crippen LogP contribution in [0.5, 0.6) is 5.75 Å². The summed E-state index contributed by atoms with van der Waals surface area (Å²) in [7, 11) is 0. The van der Waals surface area contributed by atoms with Gasteiger partial charge in [-0.25, -0.2) is 8.78 Å². The van der Waals surface area contributed by atoms with Crippen LogP contribution in [0.2, 0.25) is 0 Å². The zero-order valence-electron chi connectivity index (χ0n) is 17.9. The summed E-state index contributed by atoms with van der Waals surface area (Å²) in [4.78, 5) is 27.6. The van der Waals surface area contributed by atoms with Crippen molar-refractivity contribution in [3.63, 3.8) is 0 Å². The quantitative estimate of drug-likeness (QED) is 0.286. The van der Waals surface area contributed by atoms with E-state index in [2.05, 4.69) is 0 Å². The number of aliphatic hydroxyl groups is 1. The van der Waals surface area contributed by atoms with E-state index in [1.165, 1.54) is 17.4 Å². The number of hydrogen-bond donors (Lipinski definition) is 1. The largest absolute Gasteiger partial charge is 0.507 e. The zero-order valence-corrected chi connectivity index (χ0v) is 18.7. The van der Waals surface area contributed by atoms with Crippen molar-refractivity contribution in [2.75, 3.05) is 11.5 Å². The Balaban J connectivity index is 1.79. The van der Waals surface area contributed by atoms with Crippen LogP contribution < -0.4 is 9.64 Å². The maximum atomic E-state index is 13.9. The molecule has 1 fully saturated rings. The molecular formula is C25H21F2NO4S. The molecule has 0 bridgehead atoms. The molecule has 170 valence electrons. The highest BCUT2D eigenvalue weighted by Crippen LogP contribution is 2.43. The first-order chi connectivity index (χ1) is 15.8. The van der Waals surface area contributed by atoms with Gasteiger partial charge in [0.25, 0.3) is 11.7 Å². The van der Waals surface area contributed by atoms with Gasteiger partial charge >= 0.3 is 0 Å². The van der Waals surface area contributed by atoms with Gasteiger partial charge in [-0.2, -0.15) is 0 Å². The molecule has 2 aromatic carbocycles. The van der Waals surface area contributed by atoms with Crippen molar-refractivity contribution in [1.29, 1.82) is 0 Å². The van der Waals surface area contributed by atoms with Crippen molar-refractivity contribution < 1.29 is 28.2 Å². The number of hydrogen-bond acceptors (Lipinski definition) is 5. The van der Waals surface area contributed by atoms with E-state index in [0.29, 0.717) is 28.7 Å². The van der Waals surface area contributed by atoms with Crippen LogP contribution in [0.25, 0.3) is 5.76 Å². The number of benzene rings is 2. The van der Waals surface area contributed by atoms with Gasteiger partial charge < -0.3 is 9.84 Å². The van der Waals surface area contributed by atoms with Crippen LogP contribution in [-0.4, -0.2) is 23.4 Å². The third-order valence-electron chi connectivity index (χ3n) is 5.15. The van der Waals surface area contributed by atoms with Gasteiger partial charge in [0, 0.05) is 22.2 Å². The van der Waals surface area contributed by atoms with Crippen molar-refractivity contribution in [3.8, 4) is 5.75 Å². The van der Waals surface area contributed by atoms with Crippen LogP contribution in [0.4, 0.5) is 14.5 Å². The van der Waals surface area contributed by atoms with E-state index in [9.17, 15) is 23.5 Å². The molecule has 0 saturated carbocycles. The monoisotopic (exact) mass is 469 g/mol. The van der Waals surface area contributed by atoms with Gasteiger partial charge in [0.15, 0.2) is 11.6 Å². The van der Waals surface area contributed by atoms with E-state index in [1.54, 1.807) is 41.8 Å². The van der Waals surface area contributed by atoms with Crippen molar-refractivity contribution in [2.45, 2.75) is 19.9 Å². The molecule has 0 radical (unpaired) electrons. The number of rotatable bonds is 6. The summed E-state index contributed by atoms with van der Waals surface area (Å²) < 4.78 is 33.1. The molecule has 4 rings (SSSR count). The predicted molar refractivity (Wildman–Crippen MR) is 122 cm³/mol. The summed E-state index contributed by atoms with van der Waals surface area (Å²) >= 11 is 1.28. The molecule has 1 saturated heterocycles. The molecule has 0 aliphatic carbocycles. The second kappa shape index (κ2) is 9.15. The second-order valence-electron chi connectivity index (χ2n) is 8.01. The minimum atomic E-state index is -1.14. The molecule has 1 atom stereocenters. The van der Waals surface area contributed by atoms with E-state index < -0.39 is 29.4 Å².